The van der Waals surface area contributed by atoms with E-state index in [1.165, 1.54) is 12.1 Å². The Morgan fingerprint density at radius 2 is 1.95 bits per heavy atom. The fourth-order valence-corrected chi connectivity index (χ4v) is 2.29. The summed E-state index contributed by atoms with van der Waals surface area (Å²) in [5, 5.41) is 12.6. The van der Waals surface area contributed by atoms with Gasteiger partial charge < -0.3 is 4.98 Å². The molecule has 1 aromatic heterocycles. The van der Waals surface area contributed by atoms with Gasteiger partial charge in [-0.15, -0.1) is 0 Å². The van der Waals surface area contributed by atoms with E-state index in [4.69, 9.17) is 11.6 Å². The number of rotatable bonds is 2. The topological polar surface area (TPSA) is 58.9 Å². The highest BCUT2D eigenvalue weighted by Crippen LogP contribution is 2.33. The second-order valence-corrected chi connectivity index (χ2v) is 4.63. The SMILES string of the molecule is O=[N+]([O-])c1ccc(Cl)cc1-c1ccc2[nH]ccc2c1. The number of aromatic amines is 1. The molecule has 1 N–H and O–H groups in total. The summed E-state index contributed by atoms with van der Waals surface area (Å²) in [5.74, 6) is 0. The van der Waals surface area contributed by atoms with Crippen molar-refractivity contribution in [2.24, 2.45) is 0 Å². The van der Waals surface area contributed by atoms with E-state index in [-0.39, 0.29) is 5.69 Å². The van der Waals surface area contributed by atoms with E-state index >= 15 is 0 Å². The molecule has 0 atom stereocenters. The minimum Gasteiger partial charge on any atom is -0.361 e. The maximum absolute atomic E-state index is 11.1. The fraction of sp³-hybridized carbons (Fsp3) is 0. The molecule has 0 aliphatic rings. The number of hydrogen-bond donors (Lipinski definition) is 1. The van der Waals surface area contributed by atoms with Crippen molar-refractivity contribution in [3.05, 3.63) is 63.8 Å². The molecule has 0 unspecified atom stereocenters. The summed E-state index contributed by atoms with van der Waals surface area (Å²) in [6, 6.07) is 12.1. The number of hydrogen-bond acceptors (Lipinski definition) is 2. The molecule has 2 aromatic carbocycles. The summed E-state index contributed by atoms with van der Waals surface area (Å²) < 4.78 is 0. The molecule has 0 spiro atoms. The van der Waals surface area contributed by atoms with Gasteiger partial charge in [-0.25, -0.2) is 0 Å². The number of fused-ring (bicyclic) bond motifs is 1. The lowest BCUT2D eigenvalue weighted by molar-refractivity contribution is -0.384. The average molecular weight is 273 g/mol. The Morgan fingerprint density at radius 3 is 2.74 bits per heavy atom. The highest BCUT2D eigenvalue weighted by atomic mass is 35.5. The number of nitrogens with zero attached hydrogens (tertiary/aromatic N) is 1. The molecule has 0 aliphatic heterocycles. The van der Waals surface area contributed by atoms with Gasteiger partial charge in [-0.2, -0.15) is 0 Å². The lowest BCUT2D eigenvalue weighted by Gasteiger charge is -2.04. The van der Waals surface area contributed by atoms with E-state index in [1.54, 1.807) is 6.07 Å². The molecule has 5 heteroatoms. The molecule has 3 aromatic rings. The third-order valence-electron chi connectivity index (χ3n) is 3.02. The van der Waals surface area contributed by atoms with E-state index in [0.717, 1.165) is 16.5 Å². The predicted octanol–water partition coefficient (Wildman–Crippen LogP) is 4.40. The monoisotopic (exact) mass is 272 g/mol. The first-order chi connectivity index (χ1) is 9.15. The quantitative estimate of drug-likeness (QED) is 0.555. The Hall–Kier alpha value is -2.33. The van der Waals surface area contributed by atoms with Crippen LogP contribution in [0.15, 0.2) is 48.7 Å². The van der Waals surface area contributed by atoms with Gasteiger partial charge in [-0.3, -0.25) is 10.1 Å². The number of benzene rings is 2. The number of nitro groups is 1. The van der Waals surface area contributed by atoms with Crippen molar-refractivity contribution in [3.63, 3.8) is 0 Å². The zero-order chi connectivity index (χ0) is 13.4. The van der Waals surface area contributed by atoms with E-state index in [9.17, 15) is 10.1 Å². The lowest BCUT2D eigenvalue weighted by atomic mass is 10.0. The van der Waals surface area contributed by atoms with Crippen LogP contribution in [0.1, 0.15) is 0 Å². The van der Waals surface area contributed by atoms with E-state index < -0.39 is 4.92 Å². The molecule has 0 fully saturated rings. The maximum Gasteiger partial charge on any atom is 0.277 e. The van der Waals surface area contributed by atoms with Crippen molar-refractivity contribution in [1.82, 2.24) is 4.98 Å². The van der Waals surface area contributed by atoms with Crippen LogP contribution in [0, 0.1) is 10.1 Å². The van der Waals surface area contributed by atoms with Crippen molar-refractivity contribution in [1.29, 1.82) is 0 Å². The molecule has 0 saturated heterocycles. The smallest absolute Gasteiger partial charge is 0.277 e. The van der Waals surface area contributed by atoms with Gasteiger partial charge in [-0.1, -0.05) is 17.7 Å². The van der Waals surface area contributed by atoms with Crippen LogP contribution in [0.2, 0.25) is 5.02 Å². The van der Waals surface area contributed by atoms with Crippen LogP contribution in [0.25, 0.3) is 22.0 Å². The molecule has 0 amide bonds. The zero-order valence-corrected chi connectivity index (χ0v) is 10.5. The standard InChI is InChI=1S/C14H9ClN2O2/c15-11-2-4-14(17(18)19)12(8-11)9-1-3-13-10(7-9)5-6-16-13/h1-8,16H. The van der Waals surface area contributed by atoms with Crippen LogP contribution in [0.3, 0.4) is 0 Å². The molecule has 19 heavy (non-hydrogen) atoms. The molecule has 1 heterocycles. The van der Waals surface area contributed by atoms with Gasteiger partial charge in [0.25, 0.3) is 5.69 Å². The first-order valence-corrected chi connectivity index (χ1v) is 6.04. The van der Waals surface area contributed by atoms with Crippen LogP contribution < -0.4 is 0 Å². The number of halogens is 1. The van der Waals surface area contributed by atoms with Crippen LogP contribution in [0.4, 0.5) is 5.69 Å². The molecular formula is C14H9ClN2O2. The zero-order valence-electron chi connectivity index (χ0n) is 9.76. The predicted molar refractivity (Wildman–Crippen MR) is 75.4 cm³/mol. The minimum absolute atomic E-state index is 0.0549. The Balaban J connectivity index is 2.24. The second-order valence-electron chi connectivity index (χ2n) is 4.20. The molecule has 3 rings (SSSR count). The lowest BCUT2D eigenvalue weighted by Crippen LogP contribution is -1.91. The number of nitro benzene ring substituents is 1. The average Bonchev–Trinajstić information content (AvgIpc) is 2.85. The van der Waals surface area contributed by atoms with Gasteiger partial charge in [0.15, 0.2) is 0 Å². The van der Waals surface area contributed by atoms with Gasteiger partial charge in [0.2, 0.25) is 0 Å². The minimum atomic E-state index is -0.396. The Morgan fingerprint density at radius 1 is 1.11 bits per heavy atom. The van der Waals surface area contributed by atoms with Crippen LogP contribution in [0.5, 0.6) is 0 Å². The third-order valence-corrected chi connectivity index (χ3v) is 3.25. The summed E-state index contributed by atoms with van der Waals surface area (Å²) >= 11 is 5.94. The van der Waals surface area contributed by atoms with Crippen LogP contribution >= 0.6 is 11.6 Å². The molecule has 0 bridgehead atoms. The van der Waals surface area contributed by atoms with Crippen molar-refractivity contribution >= 4 is 28.2 Å². The van der Waals surface area contributed by atoms with E-state index in [2.05, 4.69) is 4.98 Å². The first kappa shape index (κ1) is 11.7. The summed E-state index contributed by atoms with van der Waals surface area (Å²) in [5.41, 5.74) is 2.36. The Kier molecular flexibility index (Phi) is 2.72. The number of nitrogens with one attached hydrogen (secondary N) is 1. The van der Waals surface area contributed by atoms with Gasteiger partial charge >= 0.3 is 0 Å². The summed E-state index contributed by atoms with van der Waals surface area (Å²) in [6.45, 7) is 0. The van der Waals surface area contributed by atoms with Gasteiger partial charge in [0, 0.05) is 22.8 Å². The van der Waals surface area contributed by atoms with Gasteiger partial charge in [0.1, 0.15) is 0 Å². The maximum atomic E-state index is 11.1. The number of aromatic nitrogens is 1. The van der Waals surface area contributed by atoms with Crippen molar-refractivity contribution < 1.29 is 4.92 Å². The van der Waals surface area contributed by atoms with Crippen LogP contribution in [-0.4, -0.2) is 9.91 Å². The molecule has 0 radical (unpaired) electrons. The first-order valence-electron chi connectivity index (χ1n) is 5.66. The molecule has 0 aliphatic carbocycles. The van der Waals surface area contributed by atoms with Crippen molar-refractivity contribution in [2.75, 3.05) is 0 Å². The highest BCUT2D eigenvalue weighted by molar-refractivity contribution is 6.31. The van der Waals surface area contributed by atoms with Gasteiger partial charge in [-0.05, 0) is 41.3 Å². The fourth-order valence-electron chi connectivity index (χ4n) is 2.12. The molecule has 94 valence electrons. The van der Waals surface area contributed by atoms with Crippen LogP contribution in [-0.2, 0) is 0 Å². The molecule has 4 nitrogen and oxygen atoms in total. The third kappa shape index (κ3) is 2.06. The summed E-state index contributed by atoms with van der Waals surface area (Å²) in [7, 11) is 0. The normalized spacial score (nSPS) is 10.8. The van der Waals surface area contributed by atoms with Crippen molar-refractivity contribution in [3.8, 4) is 11.1 Å². The summed E-state index contributed by atoms with van der Waals surface area (Å²) in [6.07, 6.45) is 1.83. The second kappa shape index (κ2) is 4.40. The van der Waals surface area contributed by atoms with Gasteiger partial charge in [0.05, 0.1) is 10.5 Å². The largest absolute Gasteiger partial charge is 0.361 e. The van der Waals surface area contributed by atoms with E-state index in [1.807, 2.05) is 30.5 Å². The number of H-pyrrole nitrogens is 1. The van der Waals surface area contributed by atoms with Crippen molar-refractivity contribution in [2.45, 2.75) is 0 Å². The highest BCUT2D eigenvalue weighted by Gasteiger charge is 2.15. The van der Waals surface area contributed by atoms with E-state index in [0.29, 0.717) is 10.6 Å². The Labute approximate surface area is 113 Å². The Bertz CT molecular complexity index is 780. The molecule has 0 saturated carbocycles. The summed E-state index contributed by atoms with van der Waals surface area (Å²) in [4.78, 5) is 13.8. The molecular weight excluding hydrogens is 264 g/mol.